The highest BCUT2D eigenvalue weighted by Crippen LogP contribution is 2.29. The molecule has 0 aliphatic rings. The summed E-state index contributed by atoms with van der Waals surface area (Å²) in [5.41, 5.74) is 1.67. The van der Waals surface area contributed by atoms with Crippen LogP contribution in [0.25, 0.3) is 0 Å². The number of anilines is 2. The molecular formula is C22H21ClN2O5S. The lowest BCUT2D eigenvalue weighted by Gasteiger charge is -2.14. The van der Waals surface area contributed by atoms with E-state index in [4.69, 9.17) is 21.1 Å². The Labute approximate surface area is 186 Å². The first kappa shape index (κ1) is 22.5. The summed E-state index contributed by atoms with van der Waals surface area (Å²) >= 11 is 6.06. The molecule has 2 N–H and O–H groups in total. The quantitative estimate of drug-likeness (QED) is 0.532. The second-order valence-corrected chi connectivity index (χ2v) is 8.62. The van der Waals surface area contributed by atoms with Crippen LogP contribution in [0, 0.1) is 6.92 Å². The van der Waals surface area contributed by atoms with Crippen LogP contribution >= 0.6 is 11.6 Å². The lowest BCUT2D eigenvalue weighted by molar-refractivity contribution is 0.102. The first-order valence-electron chi connectivity index (χ1n) is 9.17. The van der Waals surface area contributed by atoms with Gasteiger partial charge in [-0.3, -0.25) is 9.52 Å². The molecule has 0 fully saturated rings. The molecule has 3 aromatic rings. The van der Waals surface area contributed by atoms with Crippen LogP contribution in [0.5, 0.6) is 11.5 Å². The van der Waals surface area contributed by atoms with Gasteiger partial charge >= 0.3 is 0 Å². The third-order valence-corrected chi connectivity index (χ3v) is 6.38. The second kappa shape index (κ2) is 9.28. The van der Waals surface area contributed by atoms with Crippen LogP contribution in [0.2, 0.25) is 5.02 Å². The zero-order valence-corrected chi connectivity index (χ0v) is 18.7. The first-order chi connectivity index (χ1) is 14.8. The molecule has 0 saturated carbocycles. The topological polar surface area (TPSA) is 93.7 Å². The lowest BCUT2D eigenvalue weighted by Crippen LogP contribution is -2.16. The third kappa shape index (κ3) is 4.92. The van der Waals surface area contributed by atoms with Crippen molar-refractivity contribution >= 4 is 38.9 Å². The highest BCUT2D eigenvalue weighted by Gasteiger charge is 2.19. The summed E-state index contributed by atoms with van der Waals surface area (Å²) in [5, 5.41) is 3.18. The van der Waals surface area contributed by atoms with E-state index in [1.807, 2.05) is 0 Å². The number of rotatable bonds is 7. The predicted octanol–water partition coefficient (Wildman–Crippen LogP) is 4.72. The molecule has 31 heavy (non-hydrogen) atoms. The Kier molecular flexibility index (Phi) is 6.72. The maximum absolute atomic E-state index is 12.8. The first-order valence-corrected chi connectivity index (χ1v) is 11.0. The van der Waals surface area contributed by atoms with E-state index in [1.54, 1.807) is 43.3 Å². The molecule has 0 heterocycles. The molecule has 0 aromatic heterocycles. The van der Waals surface area contributed by atoms with Crippen molar-refractivity contribution in [2.45, 2.75) is 11.8 Å². The highest BCUT2D eigenvalue weighted by atomic mass is 35.5. The molecule has 3 aromatic carbocycles. The number of carbonyl (C=O) groups excluding carboxylic acids is 1. The van der Waals surface area contributed by atoms with E-state index in [-0.39, 0.29) is 10.5 Å². The molecule has 1 amide bonds. The average molecular weight is 461 g/mol. The molecule has 3 rings (SSSR count). The van der Waals surface area contributed by atoms with Gasteiger partial charge in [0, 0.05) is 10.7 Å². The number of amides is 1. The van der Waals surface area contributed by atoms with E-state index in [2.05, 4.69) is 10.0 Å². The number of benzene rings is 3. The largest absolute Gasteiger partial charge is 0.496 e. The minimum Gasteiger partial charge on any atom is -0.496 e. The molecule has 7 nitrogen and oxygen atoms in total. The summed E-state index contributed by atoms with van der Waals surface area (Å²) in [7, 11) is -0.916. The van der Waals surface area contributed by atoms with Crippen LogP contribution in [-0.2, 0) is 10.0 Å². The maximum Gasteiger partial charge on any atom is 0.263 e. The molecule has 0 atom stereocenters. The number of hydrogen-bond acceptors (Lipinski definition) is 5. The Morgan fingerprint density at radius 2 is 1.48 bits per heavy atom. The number of carbonyl (C=O) groups is 1. The minimum absolute atomic E-state index is 0.0414. The zero-order chi connectivity index (χ0) is 22.6. The van der Waals surface area contributed by atoms with Crippen molar-refractivity contribution in [1.29, 1.82) is 0 Å². The summed E-state index contributed by atoms with van der Waals surface area (Å²) in [6.07, 6.45) is 0. The van der Waals surface area contributed by atoms with Crippen LogP contribution < -0.4 is 19.5 Å². The van der Waals surface area contributed by atoms with E-state index in [1.165, 1.54) is 38.5 Å². The number of methoxy groups -OCH3 is 2. The van der Waals surface area contributed by atoms with Crippen molar-refractivity contribution in [3.8, 4) is 11.5 Å². The van der Waals surface area contributed by atoms with Gasteiger partial charge in [0.25, 0.3) is 15.9 Å². The lowest BCUT2D eigenvalue weighted by atomic mass is 10.1. The van der Waals surface area contributed by atoms with Gasteiger partial charge in [-0.05, 0) is 61.0 Å². The van der Waals surface area contributed by atoms with Crippen LogP contribution in [0.3, 0.4) is 0 Å². The smallest absolute Gasteiger partial charge is 0.263 e. The van der Waals surface area contributed by atoms with E-state index in [9.17, 15) is 13.2 Å². The van der Waals surface area contributed by atoms with Gasteiger partial charge in [-0.1, -0.05) is 23.7 Å². The Hall–Kier alpha value is -3.23. The monoisotopic (exact) mass is 460 g/mol. The fourth-order valence-corrected chi connectivity index (χ4v) is 4.21. The Morgan fingerprint density at radius 1 is 0.903 bits per heavy atom. The second-order valence-electron chi connectivity index (χ2n) is 6.53. The van der Waals surface area contributed by atoms with Crippen molar-refractivity contribution in [1.82, 2.24) is 0 Å². The van der Waals surface area contributed by atoms with Crippen LogP contribution in [-0.4, -0.2) is 28.5 Å². The molecule has 0 radical (unpaired) electrons. The predicted molar refractivity (Wildman–Crippen MR) is 121 cm³/mol. The minimum atomic E-state index is -3.83. The van der Waals surface area contributed by atoms with Crippen molar-refractivity contribution in [2.75, 3.05) is 24.3 Å². The number of nitrogens with one attached hydrogen (secondary N) is 2. The molecule has 0 bridgehead atoms. The SMILES string of the molecule is COc1cccc(OC)c1C(=O)Nc1ccc(S(=O)(=O)Nc2cccc(Cl)c2C)cc1. The molecule has 0 unspecified atom stereocenters. The molecule has 9 heteroatoms. The van der Waals surface area contributed by atoms with E-state index < -0.39 is 15.9 Å². The van der Waals surface area contributed by atoms with Crippen molar-refractivity contribution in [2.24, 2.45) is 0 Å². The summed E-state index contributed by atoms with van der Waals surface area (Å²) in [6.45, 7) is 1.73. The maximum atomic E-state index is 12.8. The normalized spacial score (nSPS) is 11.0. The summed E-state index contributed by atoms with van der Waals surface area (Å²) in [4.78, 5) is 12.8. The molecular weight excluding hydrogens is 440 g/mol. The molecule has 162 valence electrons. The van der Waals surface area contributed by atoms with E-state index >= 15 is 0 Å². The molecule has 0 aliphatic carbocycles. The number of hydrogen-bond donors (Lipinski definition) is 2. The highest BCUT2D eigenvalue weighted by molar-refractivity contribution is 7.92. The summed E-state index contributed by atoms with van der Waals surface area (Å²) < 4.78 is 38.4. The van der Waals surface area contributed by atoms with Gasteiger partial charge in [-0.15, -0.1) is 0 Å². The third-order valence-electron chi connectivity index (χ3n) is 4.59. The van der Waals surface area contributed by atoms with Crippen molar-refractivity contribution in [3.63, 3.8) is 0 Å². The molecule has 0 spiro atoms. The van der Waals surface area contributed by atoms with Crippen LogP contribution in [0.15, 0.2) is 65.6 Å². The average Bonchev–Trinajstić information content (AvgIpc) is 2.76. The van der Waals surface area contributed by atoms with Crippen molar-refractivity contribution in [3.05, 3.63) is 76.8 Å². The number of sulfonamides is 1. The van der Waals surface area contributed by atoms with Gasteiger partial charge < -0.3 is 14.8 Å². The van der Waals surface area contributed by atoms with Crippen molar-refractivity contribution < 1.29 is 22.7 Å². The fraction of sp³-hybridized carbons (Fsp3) is 0.136. The van der Waals surface area contributed by atoms with Gasteiger partial charge in [0.1, 0.15) is 17.1 Å². The Bertz CT molecular complexity index is 1190. The number of halogens is 1. The van der Waals surface area contributed by atoms with Gasteiger partial charge in [-0.25, -0.2) is 8.42 Å². The summed E-state index contributed by atoms with van der Waals surface area (Å²) in [5.74, 6) is 0.270. The standard InChI is InChI=1S/C22H21ClN2O5S/c1-14-17(23)6-4-7-18(14)25-31(27,28)16-12-10-15(11-13-16)24-22(26)21-19(29-2)8-5-9-20(21)30-3/h4-13,25H,1-3H3,(H,24,26). The fourth-order valence-electron chi connectivity index (χ4n) is 2.91. The Balaban J connectivity index is 1.81. The summed E-state index contributed by atoms with van der Waals surface area (Å²) in [6, 6.07) is 15.8. The van der Waals surface area contributed by atoms with Crippen LogP contribution in [0.4, 0.5) is 11.4 Å². The zero-order valence-electron chi connectivity index (χ0n) is 17.1. The van der Waals surface area contributed by atoms with E-state index in [0.29, 0.717) is 33.5 Å². The van der Waals surface area contributed by atoms with Crippen LogP contribution in [0.1, 0.15) is 15.9 Å². The van der Waals surface area contributed by atoms with Gasteiger partial charge in [0.15, 0.2) is 0 Å². The molecule has 0 aliphatic heterocycles. The molecule has 0 saturated heterocycles. The van der Waals surface area contributed by atoms with Gasteiger partial charge in [-0.2, -0.15) is 0 Å². The van der Waals surface area contributed by atoms with E-state index in [0.717, 1.165) is 0 Å². The van der Waals surface area contributed by atoms with Gasteiger partial charge in [0.05, 0.1) is 24.8 Å². The van der Waals surface area contributed by atoms with Gasteiger partial charge in [0.2, 0.25) is 0 Å². The Morgan fingerprint density at radius 3 is 2.06 bits per heavy atom. The number of ether oxygens (including phenoxy) is 2.